The summed E-state index contributed by atoms with van der Waals surface area (Å²) in [6.45, 7) is 6.81. The van der Waals surface area contributed by atoms with Gasteiger partial charge in [0.15, 0.2) is 0 Å². The Kier molecular flexibility index (Phi) is 4.74. The highest BCUT2D eigenvalue weighted by Gasteiger charge is 2.34. The van der Waals surface area contributed by atoms with Crippen LogP contribution >= 0.6 is 11.6 Å². The molecule has 0 saturated heterocycles. The summed E-state index contributed by atoms with van der Waals surface area (Å²) >= 11 is 6.53. The fourth-order valence-electron chi connectivity index (χ4n) is 3.42. The molecule has 0 amide bonds. The third kappa shape index (κ3) is 3.49. The maximum absolute atomic E-state index is 6.53. The maximum atomic E-state index is 6.53. The molecule has 1 atom stereocenters. The molecule has 132 valence electrons. The van der Waals surface area contributed by atoms with Crippen molar-refractivity contribution >= 4 is 29.2 Å². The number of fused-ring (bicyclic) bond motifs is 1. The first-order valence-corrected chi connectivity index (χ1v) is 8.81. The predicted octanol–water partition coefficient (Wildman–Crippen LogP) is 5.22. The Balaban J connectivity index is 1.93. The highest BCUT2D eigenvalue weighted by Crippen LogP contribution is 2.44. The summed E-state index contributed by atoms with van der Waals surface area (Å²) in [6.07, 6.45) is 4.59. The lowest BCUT2D eigenvalue weighted by Crippen LogP contribution is -2.45. The zero-order valence-electron chi connectivity index (χ0n) is 15.4. The zero-order valence-corrected chi connectivity index (χ0v) is 16.1. The number of anilines is 1. The van der Waals surface area contributed by atoms with Crippen molar-refractivity contribution in [3.63, 3.8) is 0 Å². The van der Waals surface area contributed by atoms with Crippen LogP contribution in [0.5, 0.6) is 5.88 Å². The number of rotatable bonds is 3. The van der Waals surface area contributed by atoms with Crippen molar-refractivity contribution in [3.05, 3.63) is 46.6 Å². The van der Waals surface area contributed by atoms with Crippen LogP contribution in [0.2, 0.25) is 5.02 Å². The van der Waals surface area contributed by atoms with Gasteiger partial charge in [-0.3, -0.25) is 4.99 Å². The van der Waals surface area contributed by atoms with E-state index in [1.54, 1.807) is 25.6 Å². The fraction of sp³-hybridized carbons (Fsp3) is 0.400. The molecule has 1 aromatic carbocycles. The van der Waals surface area contributed by atoms with E-state index in [0.29, 0.717) is 16.8 Å². The lowest BCUT2D eigenvalue weighted by Gasteiger charge is -2.45. The van der Waals surface area contributed by atoms with Gasteiger partial charge in [0.2, 0.25) is 5.88 Å². The molecule has 0 aliphatic carbocycles. The number of methoxy groups -OCH3 is 1. The fourth-order valence-corrected chi connectivity index (χ4v) is 3.62. The number of halogens is 1. The van der Waals surface area contributed by atoms with Crippen molar-refractivity contribution < 1.29 is 4.74 Å². The number of aromatic nitrogens is 1. The molecule has 2 aromatic rings. The Bertz CT molecular complexity index is 799. The predicted molar refractivity (Wildman–Crippen MR) is 105 cm³/mol. The van der Waals surface area contributed by atoms with E-state index >= 15 is 0 Å². The summed E-state index contributed by atoms with van der Waals surface area (Å²) in [5.74, 6) is 1.05. The Labute approximate surface area is 154 Å². The lowest BCUT2D eigenvalue weighted by molar-refractivity contribution is 0.395. The molecule has 2 heterocycles. The molecule has 1 aliphatic rings. The molecule has 1 aromatic heterocycles. The van der Waals surface area contributed by atoms with Gasteiger partial charge in [0.05, 0.1) is 24.0 Å². The topological polar surface area (TPSA) is 37.7 Å². The van der Waals surface area contributed by atoms with Gasteiger partial charge in [0.1, 0.15) is 0 Å². The summed E-state index contributed by atoms with van der Waals surface area (Å²) in [5.41, 5.74) is 4.34. The average molecular weight is 358 g/mol. The van der Waals surface area contributed by atoms with Crippen LogP contribution in [0.3, 0.4) is 0 Å². The van der Waals surface area contributed by atoms with E-state index in [1.165, 1.54) is 11.3 Å². The molecule has 0 radical (unpaired) electrons. The molecule has 5 heteroatoms. The molecule has 0 bridgehead atoms. The first-order chi connectivity index (χ1) is 11.8. The number of benzene rings is 1. The van der Waals surface area contributed by atoms with E-state index in [1.807, 2.05) is 6.07 Å². The normalized spacial score (nSPS) is 19.1. The molecule has 25 heavy (non-hydrogen) atoms. The third-order valence-corrected chi connectivity index (χ3v) is 5.36. The van der Waals surface area contributed by atoms with Crippen molar-refractivity contribution in [1.29, 1.82) is 0 Å². The van der Waals surface area contributed by atoms with Gasteiger partial charge < -0.3 is 9.64 Å². The SMILES string of the molecule is COc1ccc(N=Cc2cc3c(cc2Cl)N(C)C(C)(C)C[C@H]3C)cn1. The first kappa shape index (κ1) is 17.7. The van der Waals surface area contributed by atoms with E-state index < -0.39 is 0 Å². The molecule has 0 saturated carbocycles. The minimum Gasteiger partial charge on any atom is -0.481 e. The van der Waals surface area contributed by atoms with E-state index in [-0.39, 0.29) is 5.54 Å². The number of pyridine rings is 1. The average Bonchev–Trinajstić information content (AvgIpc) is 2.58. The monoisotopic (exact) mass is 357 g/mol. The highest BCUT2D eigenvalue weighted by molar-refractivity contribution is 6.33. The molecule has 0 fully saturated rings. The zero-order chi connectivity index (χ0) is 18.2. The van der Waals surface area contributed by atoms with E-state index in [9.17, 15) is 0 Å². The van der Waals surface area contributed by atoms with E-state index in [4.69, 9.17) is 16.3 Å². The first-order valence-electron chi connectivity index (χ1n) is 8.43. The van der Waals surface area contributed by atoms with Crippen LogP contribution < -0.4 is 9.64 Å². The van der Waals surface area contributed by atoms with Gasteiger partial charge in [0.25, 0.3) is 0 Å². The second kappa shape index (κ2) is 6.68. The molecule has 4 nitrogen and oxygen atoms in total. The van der Waals surface area contributed by atoms with Crippen LogP contribution in [0.25, 0.3) is 0 Å². The highest BCUT2D eigenvalue weighted by atomic mass is 35.5. The molecule has 1 aliphatic heterocycles. The summed E-state index contributed by atoms with van der Waals surface area (Å²) < 4.78 is 5.06. The Morgan fingerprint density at radius 1 is 1.36 bits per heavy atom. The Morgan fingerprint density at radius 2 is 2.12 bits per heavy atom. The number of ether oxygens (including phenoxy) is 1. The number of hydrogen-bond acceptors (Lipinski definition) is 4. The van der Waals surface area contributed by atoms with Gasteiger partial charge in [0, 0.05) is 36.1 Å². The number of aliphatic imine (C=N–C) groups is 1. The van der Waals surface area contributed by atoms with Crippen LogP contribution in [0, 0.1) is 0 Å². The maximum Gasteiger partial charge on any atom is 0.213 e. The van der Waals surface area contributed by atoms with Gasteiger partial charge in [-0.2, -0.15) is 0 Å². The molecular weight excluding hydrogens is 334 g/mol. The van der Waals surface area contributed by atoms with Crippen molar-refractivity contribution in [1.82, 2.24) is 4.98 Å². The summed E-state index contributed by atoms with van der Waals surface area (Å²) in [4.78, 5) is 11.0. The minimum atomic E-state index is 0.125. The van der Waals surface area contributed by atoms with E-state index in [2.05, 4.69) is 54.8 Å². The van der Waals surface area contributed by atoms with Crippen LogP contribution in [0.15, 0.2) is 35.5 Å². The van der Waals surface area contributed by atoms with Crippen molar-refractivity contribution in [2.75, 3.05) is 19.1 Å². The number of nitrogens with zero attached hydrogens (tertiary/aromatic N) is 3. The van der Waals surface area contributed by atoms with Crippen LogP contribution in [-0.4, -0.2) is 30.9 Å². The smallest absolute Gasteiger partial charge is 0.213 e. The third-order valence-electron chi connectivity index (χ3n) is 5.03. The Hall–Kier alpha value is -2.07. The Morgan fingerprint density at radius 3 is 2.76 bits per heavy atom. The standard InChI is InChI=1S/C20H24ClN3O/c1-13-10-20(2,3)24(4)18-9-17(21)14(8-16(13)18)11-22-15-6-7-19(25-5)23-12-15/h6-9,11-13H,10H2,1-5H3/t13-/m1/s1. The van der Waals surface area contributed by atoms with Crippen LogP contribution in [-0.2, 0) is 0 Å². The summed E-state index contributed by atoms with van der Waals surface area (Å²) in [5, 5.41) is 0.709. The second-order valence-electron chi connectivity index (χ2n) is 7.23. The summed E-state index contributed by atoms with van der Waals surface area (Å²) in [7, 11) is 3.73. The van der Waals surface area contributed by atoms with Gasteiger partial charge in [-0.25, -0.2) is 4.98 Å². The van der Waals surface area contributed by atoms with Crippen molar-refractivity contribution in [3.8, 4) is 5.88 Å². The minimum absolute atomic E-state index is 0.125. The summed E-state index contributed by atoms with van der Waals surface area (Å²) in [6, 6.07) is 7.88. The molecule has 0 unspecified atom stereocenters. The van der Waals surface area contributed by atoms with Gasteiger partial charge in [-0.1, -0.05) is 18.5 Å². The van der Waals surface area contributed by atoms with Crippen molar-refractivity contribution in [2.45, 2.75) is 38.6 Å². The molecule has 0 N–H and O–H groups in total. The van der Waals surface area contributed by atoms with Gasteiger partial charge in [-0.05, 0) is 49.9 Å². The van der Waals surface area contributed by atoms with E-state index in [0.717, 1.165) is 17.7 Å². The second-order valence-corrected chi connectivity index (χ2v) is 7.63. The molecule has 3 rings (SSSR count). The lowest BCUT2D eigenvalue weighted by atomic mass is 9.80. The molecular formula is C20H24ClN3O. The quantitative estimate of drug-likeness (QED) is 0.707. The van der Waals surface area contributed by atoms with Gasteiger partial charge in [-0.15, -0.1) is 0 Å². The van der Waals surface area contributed by atoms with Crippen molar-refractivity contribution in [2.24, 2.45) is 4.99 Å². The number of hydrogen-bond donors (Lipinski definition) is 0. The van der Waals surface area contributed by atoms with Crippen LogP contribution in [0.4, 0.5) is 11.4 Å². The largest absolute Gasteiger partial charge is 0.481 e. The van der Waals surface area contributed by atoms with Gasteiger partial charge >= 0.3 is 0 Å². The molecule has 0 spiro atoms. The van der Waals surface area contributed by atoms with Crippen LogP contribution in [0.1, 0.15) is 44.2 Å².